The number of nitrogens with one attached hydrogen (secondary N) is 1. The number of anilines is 1. The molecule has 1 fully saturated rings. The fourth-order valence-electron chi connectivity index (χ4n) is 3.44. The number of likely N-dealkylation sites (tertiary alicyclic amines) is 1. The zero-order valence-electron chi connectivity index (χ0n) is 16.5. The summed E-state index contributed by atoms with van der Waals surface area (Å²) in [6.45, 7) is 3.86. The quantitative estimate of drug-likeness (QED) is 0.743. The van der Waals surface area contributed by atoms with Crippen LogP contribution in [0.1, 0.15) is 35.1 Å². The van der Waals surface area contributed by atoms with Crippen molar-refractivity contribution in [2.45, 2.75) is 37.1 Å². The minimum absolute atomic E-state index is 0.0590. The van der Waals surface area contributed by atoms with E-state index in [1.807, 2.05) is 11.3 Å². The molecule has 1 aliphatic rings. The maximum atomic E-state index is 12.3. The lowest BCUT2D eigenvalue weighted by atomic mass is 10.2. The Bertz CT molecular complexity index is 920. The monoisotopic (exact) mass is 421 g/mol. The highest BCUT2D eigenvalue weighted by Crippen LogP contribution is 2.35. The van der Waals surface area contributed by atoms with Gasteiger partial charge in [-0.25, -0.2) is 12.7 Å². The highest BCUT2D eigenvalue weighted by Gasteiger charge is 2.27. The molecule has 1 N–H and O–H groups in total. The molecule has 1 atom stereocenters. The predicted molar refractivity (Wildman–Crippen MR) is 113 cm³/mol. The molecular formula is C20H27N3O3S2. The number of carbonyl (C=O) groups excluding carboxylic acids is 1. The van der Waals surface area contributed by atoms with Gasteiger partial charge in [0.1, 0.15) is 0 Å². The first-order valence-corrected chi connectivity index (χ1v) is 11.7. The highest BCUT2D eigenvalue weighted by atomic mass is 32.2. The number of thiophene rings is 1. The highest BCUT2D eigenvalue weighted by molar-refractivity contribution is 7.89. The Morgan fingerprint density at radius 3 is 2.54 bits per heavy atom. The fourth-order valence-corrected chi connectivity index (χ4v) is 5.39. The molecule has 0 aliphatic carbocycles. The third-order valence-corrected chi connectivity index (χ3v) is 7.93. The number of nitrogens with zero attached hydrogens (tertiary/aromatic N) is 2. The number of benzene rings is 1. The molecule has 6 nitrogen and oxygen atoms in total. The number of sulfonamides is 1. The third kappa shape index (κ3) is 4.81. The molecular weight excluding hydrogens is 394 g/mol. The van der Waals surface area contributed by atoms with Crippen molar-refractivity contribution in [3.05, 3.63) is 46.2 Å². The van der Waals surface area contributed by atoms with Gasteiger partial charge in [0.2, 0.25) is 15.9 Å². The predicted octanol–water partition coefficient (Wildman–Crippen LogP) is 3.47. The van der Waals surface area contributed by atoms with E-state index in [0.29, 0.717) is 18.2 Å². The van der Waals surface area contributed by atoms with Gasteiger partial charge in [0.15, 0.2) is 0 Å². The number of hydrogen-bond donors (Lipinski definition) is 1. The lowest BCUT2D eigenvalue weighted by Gasteiger charge is -2.23. The summed E-state index contributed by atoms with van der Waals surface area (Å²) in [5.41, 5.74) is 0.606. The molecule has 0 saturated carbocycles. The summed E-state index contributed by atoms with van der Waals surface area (Å²) in [5, 5.41) is 2.86. The van der Waals surface area contributed by atoms with Crippen LogP contribution in [0.3, 0.4) is 0 Å². The molecule has 152 valence electrons. The number of hydrogen-bond acceptors (Lipinski definition) is 5. The minimum Gasteiger partial charge on any atom is -0.326 e. The third-order valence-electron chi connectivity index (χ3n) is 5.00. The van der Waals surface area contributed by atoms with Crippen LogP contribution in [0.25, 0.3) is 0 Å². The molecule has 3 rings (SSSR count). The molecule has 1 aromatic heterocycles. The fraction of sp³-hybridized carbons (Fsp3) is 0.450. The normalized spacial score (nSPS) is 17.9. The topological polar surface area (TPSA) is 69.7 Å². The van der Waals surface area contributed by atoms with E-state index in [1.54, 1.807) is 12.1 Å². The SMILES string of the molecule is Cc1ccc(C2CCCN2CCC(=O)Nc2ccc(S(=O)(=O)N(C)C)cc2)s1. The molecule has 1 aromatic carbocycles. The Balaban J connectivity index is 1.54. The summed E-state index contributed by atoms with van der Waals surface area (Å²) >= 11 is 1.84. The Hall–Kier alpha value is -1.74. The molecule has 0 radical (unpaired) electrons. The molecule has 28 heavy (non-hydrogen) atoms. The van der Waals surface area contributed by atoms with Crippen molar-refractivity contribution >= 4 is 33.0 Å². The average molecular weight is 422 g/mol. The number of amides is 1. The lowest BCUT2D eigenvalue weighted by molar-refractivity contribution is -0.116. The van der Waals surface area contributed by atoms with E-state index in [9.17, 15) is 13.2 Å². The van der Waals surface area contributed by atoms with E-state index in [4.69, 9.17) is 0 Å². The Morgan fingerprint density at radius 2 is 1.93 bits per heavy atom. The van der Waals surface area contributed by atoms with E-state index in [-0.39, 0.29) is 10.8 Å². The van der Waals surface area contributed by atoms with Gasteiger partial charge < -0.3 is 5.32 Å². The van der Waals surface area contributed by atoms with E-state index in [0.717, 1.165) is 25.9 Å². The second-order valence-electron chi connectivity index (χ2n) is 7.25. The van der Waals surface area contributed by atoms with E-state index in [1.165, 1.54) is 40.3 Å². The van der Waals surface area contributed by atoms with Crippen LogP contribution in [0, 0.1) is 6.92 Å². The van der Waals surface area contributed by atoms with Gasteiger partial charge in [0.25, 0.3) is 0 Å². The van der Waals surface area contributed by atoms with Gasteiger partial charge in [-0.15, -0.1) is 11.3 Å². The maximum absolute atomic E-state index is 12.3. The van der Waals surface area contributed by atoms with Crippen LogP contribution in [0.15, 0.2) is 41.3 Å². The number of rotatable bonds is 7. The molecule has 1 saturated heterocycles. The summed E-state index contributed by atoms with van der Waals surface area (Å²) in [7, 11) is -0.471. The van der Waals surface area contributed by atoms with Gasteiger partial charge in [-0.05, 0) is 62.7 Å². The summed E-state index contributed by atoms with van der Waals surface area (Å²) in [4.78, 5) is 17.6. The summed E-state index contributed by atoms with van der Waals surface area (Å²) in [6, 6.07) is 11.1. The van der Waals surface area contributed by atoms with Crippen LogP contribution in [0.4, 0.5) is 5.69 Å². The molecule has 1 aliphatic heterocycles. The van der Waals surface area contributed by atoms with Crippen LogP contribution in [-0.4, -0.2) is 50.7 Å². The molecule has 2 heterocycles. The number of aryl methyl sites for hydroxylation is 1. The molecule has 8 heteroatoms. The maximum Gasteiger partial charge on any atom is 0.242 e. The van der Waals surface area contributed by atoms with Gasteiger partial charge >= 0.3 is 0 Å². The Labute approximate surface area is 171 Å². The average Bonchev–Trinajstić information content (AvgIpc) is 3.28. The second-order valence-corrected chi connectivity index (χ2v) is 10.7. The molecule has 2 aromatic rings. The molecule has 1 unspecified atom stereocenters. The first-order chi connectivity index (χ1) is 13.3. The molecule has 1 amide bonds. The van der Waals surface area contributed by atoms with E-state index < -0.39 is 10.0 Å². The van der Waals surface area contributed by atoms with Crippen molar-refractivity contribution in [3.63, 3.8) is 0 Å². The Kier molecular flexibility index (Phi) is 6.54. The summed E-state index contributed by atoms with van der Waals surface area (Å²) < 4.78 is 25.4. The van der Waals surface area contributed by atoms with E-state index in [2.05, 4.69) is 29.3 Å². The first kappa shape index (κ1) is 21.0. The zero-order valence-corrected chi connectivity index (χ0v) is 18.1. The second kappa shape index (κ2) is 8.73. The van der Waals surface area contributed by atoms with Gasteiger partial charge in [0, 0.05) is 48.5 Å². The minimum atomic E-state index is -3.46. The van der Waals surface area contributed by atoms with Gasteiger partial charge in [0.05, 0.1) is 4.90 Å². The zero-order chi connectivity index (χ0) is 20.3. The van der Waals surface area contributed by atoms with Crippen LogP contribution in [-0.2, 0) is 14.8 Å². The lowest BCUT2D eigenvalue weighted by Crippen LogP contribution is -2.27. The molecule has 0 bridgehead atoms. The van der Waals surface area contributed by atoms with Crippen LogP contribution in [0.5, 0.6) is 0 Å². The van der Waals surface area contributed by atoms with Gasteiger partial charge in [-0.2, -0.15) is 0 Å². The summed E-state index contributed by atoms with van der Waals surface area (Å²) in [5.74, 6) is -0.0590. The van der Waals surface area contributed by atoms with E-state index >= 15 is 0 Å². The van der Waals surface area contributed by atoms with Crippen molar-refractivity contribution in [1.82, 2.24) is 9.21 Å². The van der Waals surface area contributed by atoms with Crippen LogP contribution >= 0.6 is 11.3 Å². The Morgan fingerprint density at radius 1 is 1.21 bits per heavy atom. The number of carbonyl (C=O) groups is 1. The van der Waals surface area contributed by atoms with Gasteiger partial charge in [-0.3, -0.25) is 9.69 Å². The smallest absolute Gasteiger partial charge is 0.242 e. The van der Waals surface area contributed by atoms with Crippen molar-refractivity contribution < 1.29 is 13.2 Å². The van der Waals surface area contributed by atoms with Crippen LogP contribution in [0.2, 0.25) is 0 Å². The summed E-state index contributed by atoms with van der Waals surface area (Å²) in [6.07, 6.45) is 2.72. The van der Waals surface area contributed by atoms with Crippen molar-refractivity contribution in [3.8, 4) is 0 Å². The van der Waals surface area contributed by atoms with Crippen molar-refractivity contribution in [2.24, 2.45) is 0 Å². The largest absolute Gasteiger partial charge is 0.326 e. The first-order valence-electron chi connectivity index (χ1n) is 9.40. The van der Waals surface area contributed by atoms with Crippen LogP contribution < -0.4 is 5.32 Å². The van der Waals surface area contributed by atoms with Crippen molar-refractivity contribution in [2.75, 3.05) is 32.5 Å². The molecule has 0 spiro atoms. The standard InChI is InChI=1S/C20H27N3O3S2/c1-15-6-11-19(27-15)18-5-4-13-23(18)14-12-20(24)21-16-7-9-17(10-8-16)28(25,26)22(2)3/h6-11,18H,4-5,12-14H2,1-3H3,(H,21,24). The van der Waals surface area contributed by atoms with Crippen molar-refractivity contribution in [1.29, 1.82) is 0 Å². The van der Waals surface area contributed by atoms with Gasteiger partial charge in [-0.1, -0.05) is 0 Å².